The number of rotatable bonds is 6. The fraction of sp³-hybridized carbons (Fsp3) is 0.294. The summed E-state index contributed by atoms with van der Waals surface area (Å²) in [6.07, 6.45) is 1.48. The Hall–Kier alpha value is -2.61. The van der Waals surface area contributed by atoms with Gasteiger partial charge in [0, 0.05) is 11.4 Å². The standard InChI is InChI=1S/C17H20N4O3S/c1-10-7-11(2)20-17(19-10)25-12(3)16(23)21-18-9-13-5-6-14(22)15(8-13)24-4/h5-9,12,22H,1-4H3,(H,21,23)/b18-9+/t12-/m1/s1. The predicted octanol–water partition coefficient (Wildman–Crippen LogP) is 2.44. The summed E-state index contributed by atoms with van der Waals surface area (Å²) in [5.41, 5.74) is 4.90. The van der Waals surface area contributed by atoms with Crippen LogP contribution in [0.4, 0.5) is 0 Å². The number of benzene rings is 1. The zero-order chi connectivity index (χ0) is 18.4. The number of aromatic nitrogens is 2. The Bertz CT molecular complexity index is 775. The van der Waals surface area contributed by atoms with Crippen molar-refractivity contribution in [1.82, 2.24) is 15.4 Å². The van der Waals surface area contributed by atoms with Crippen molar-refractivity contribution in [2.75, 3.05) is 7.11 Å². The number of nitrogens with one attached hydrogen (secondary N) is 1. The summed E-state index contributed by atoms with van der Waals surface area (Å²) < 4.78 is 5.02. The zero-order valence-corrected chi connectivity index (χ0v) is 15.3. The molecule has 2 aromatic rings. The van der Waals surface area contributed by atoms with E-state index in [1.165, 1.54) is 31.2 Å². The number of nitrogens with zero attached hydrogens (tertiary/aromatic N) is 3. The summed E-state index contributed by atoms with van der Waals surface area (Å²) in [5.74, 6) is 0.128. The lowest BCUT2D eigenvalue weighted by Gasteiger charge is -2.09. The smallest absolute Gasteiger partial charge is 0.253 e. The van der Waals surface area contributed by atoms with Crippen molar-refractivity contribution in [3.8, 4) is 11.5 Å². The molecule has 1 amide bonds. The number of carbonyl (C=O) groups is 1. The van der Waals surface area contributed by atoms with Crippen LogP contribution in [0.2, 0.25) is 0 Å². The molecule has 1 aromatic heterocycles. The van der Waals surface area contributed by atoms with Gasteiger partial charge in [0.25, 0.3) is 5.91 Å². The second kappa shape index (κ2) is 8.48. The molecule has 8 heteroatoms. The lowest BCUT2D eigenvalue weighted by Crippen LogP contribution is -2.27. The first kappa shape index (κ1) is 18.7. The summed E-state index contributed by atoms with van der Waals surface area (Å²) in [4.78, 5) is 20.7. The monoisotopic (exact) mass is 360 g/mol. The number of phenols is 1. The molecule has 0 unspecified atom stereocenters. The number of hydrazone groups is 1. The number of carbonyl (C=O) groups excluding carboxylic acids is 1. The summed E-state index contributed by atoms with van der Waals surface area (Å²) in [6.45, 7) is 5.54. The van der Waals surface area contributed by atoms with Crippen molar-refractivity contribution >= 4 is 23.9 Å². The van der Waals surface area contributed by atoms with Crippen LogP contribution in [0.25, 0.3) is 0 Å². The number of hydrogen-bond acceptors (Lipinski definition) is 7. The summed E-state index contributed by atoms with van der Waals surface area (Å²) in [5, 5.41) is 13.6. The Morgan fingerprint density at radius 1 is 1.32 bits per heavy atom. The van der Waals surface area contributed by atoms with E-state index in [2.05, 4.69) is 20.5 Å². The Morgan fingerprint density at radius 2 is 2.00 bits per heavy atom. The SMILES string of the molecule is COc1cc(/C=N/NC(=O)[C@@H](C)Sc2nc(C)cc(C)n2)ccc1O. The van der Waals surface area contributed by atoms with Crippen molar-refractivity contribution in [2.45, 2.75) is 31.2 Å². The third-order valence-electron chi connectivity index (χ3n) is 3.21. The Labute approximate surface area is 150 Å². The van der Waals surface area contributed by atoms with Crippen molar-refractivity contribution in [2.24, 2.45) is 5.10 Å². The summed E-state index contributed by atoms with van der Waals surface area (Å²) in [6, 6.07) is 6.66. The molecule has 132 valence electrons. The van der Waals surface area contributed by atoms with Gasteiger partial charge >= 0.3 is 0 Å². The van der Waals surface area contributed by atoms with Crippen molar-refractivity contribution in [1.29, 1.82) is 0 Å². The molecule has 25 heavy (non-hydrogen) atoms. The maximum Gasteiger partial charge on any atom is 0.253 e. The number of ether oxygens (including phenoxy) is 1. The minimum absolute atomic E-state index is 0.0437. The molecule has 2 rings (SSSR count). The van der Waals surface area contributed by atoms with E-state index >= 15 is 0 Å². The van der Waals surface area contributed by atoms with E-state index in [0.717, 1.165) is 11.4 Å². The maximum absolute atomic E-state index is 12.1. The van der Waals surface area contributed by atoms with Crippen LogP contribution in [0, 0.1) is 13.8 Å². The molecule has 2 N–H and O–H groups in total. The van der Waals surface area contributed by atoms with Crippen LogP contribution in [0.1, 0.15) is 23.9 Å². The van der Waals surface area contributed by atoms with Gasteiger partial charge in [-0.3, -0.25) is 4.79 Å². The summed E-state index contributed by atoms with van der Waals surface area (Å²) in [7, 11) is 1.46. The van der Waals surface area contributed by atoms with Crippen LogP contribution in [-0.2, 0) is 4.79 Å². The normalized spacial score (nSPS) is 12.2. The Kier molecular flexibility index (Phi) is 6.35. The first-order valence-electron chi connectivity index (χ1n) is 7.58. The van der Waals surface area contributed by atoms with Gasteiger partial charge in [-0.1, -0.05) is 11.8 Å². The largest absolute Gasteiger partial charge is 0.504 e. The van der Waals surface area contributed by atoms with Gasteiger partial charge in [0.15, 0.2) is 16.7 Å². The van der Waals surface area contributed by atoms with Crippen molar-refractivity contribution in [3.63, 3.8) is 0 Å². The fourth-order valence-corrected chi connectivity index (χ4v) is 2.86. The molecule has 0 saturated heterocycles. The molecule has 0 aliphatic carbocycles. The van der Waals surface area contributed by atoms with Gasteiger partial charge in [0.05, 0.1) is 18.6 Å². The fourth-order valence-electron chi connectivity index (χ4n) is 1.99. The highest BCUT2D eigenvalue weighted by molar-refractivity contribution is 8.00. The van der Waals surface area contributed by atoms with Crippen molar-refractivity contribution in [3.05, 3.63) is 41.2 Å². The molecular weight excluding hydrogens is 340 g/mol. The molecule has 7 nitrogen and oxygen atoms in total. The van der Waals surface area contributed by atoms with Gasteiger partial charge in [0.1, 0.15) is 0 Å². The van der Waals surface area contributed by atoms with E-state index in [0.29, 0.717) is 16.5 Å². The third-order valence-corrected chi connectivity index (χ3v) is 4.17. The van der Waals surface area contributed by atoms with Crippen LogP contribution in [-0.4, -0.2) is 39.6 Å². The molecule has 0 bridgehead atoms. The van der Waals surface area contributed by atoms with Gasteiger partial charge in [-0.2, -0.15) is 5.10 Å². The minimum atomic E-state index is -0.396. The van der Waals surface area contributed by atoms with Crippen LogP contribution >= 0.6 is 11.8 Å². The number of hydrogen-bond donors (Lipinski definition) is 2. The van der Waals surface area contributed by atoms with E-state index in [4.69, 9.17) is 4.74 Å². The Balaban J connectivity index is 1.94. The summed E-state index contributed by atoms with van der Waals surface area (Å²) >= 11 is 1.27. The lowest BCUT2D eigenvalue weighted by molar-refractivity contribution is -0.120. The van der Waals surface area contributed by atoms with E-state index in [1.807, 2.05) is 19.9 Å². The second-order valence-electron chi connectivity index (χ2n) is 5.36. The molecule has 0 aliphatic rings. The molecule has 0 fully saturated rings. The first-order chi connectivity index (χ1) is 11.9. The Morgan fingerprint density at radius 3 is 2.64 bits per heavy atom. The minimum Gasteiger partial charge on any atom is -0.504 e. The van der Waals surface area contributed by atoms with E-state index in [1.54, 1.807) is 19.1 Å². The number of thioether (sulfide) groups is 1. The quantitative estimate of drug-likeness (QED) is 0.355. The van der Waals surface area contributed by atoms with E-state index in [-0.39, 0.29) is 11.7 Å². The molecule has 1 aromatic carbocycles. The molecule has 1 heterocycles. The van der Waals surface area contributed by atoms with Crippen LogP contribution in [0.15, 0.2) is 34.5 Å². The number of phenolic OH excluding ortho intramolecular Hbond substituents is 1. The van der Waals surface area contributed by atoms with Gasteiger partial charge < -0.3 is 9.84 Å². The lowest BCUT2D eigenvalue weighted by atomic mass is 10.2. The highest BCUT2D eigenvalue weighted by Gasteiger charge is 2.15. The third kappa shape index (κ3) is 5.46. The van der Waals surface area contributed by atoms with E-state index in [9.17, 15) is 9.90 Å². The molecule has 1 atom stereocenters. The average molecular weight is 360 g/mol. The maximum atomic E-state index is 12.1. The molecule has 0 radical (unpaired) electrons. The van der Waals surface area contributed by atoms with Gasteiger partial charge in [0.2, 0.25) is 0 Å². The van der Waals surface area contributed by atoms with Crippen LogP contribution in [0.3, 0.4) is 0 Å². The number of amides is 1. The van der Waals surface area contributed by atoms with Crippen molar-refractivity contribution < 1.29 is 14.6 Å². The number of aryl methyl sites for hydroxylation is 2. The molecule has 0 saturated carbocycles. The van der Waals surface area contributed by atoms with Gasteiger partial charge in [-0.25, -0.2) is 15.4 Å². The number of methoxy groups -OCH3 is 1. The second-order valence-corrected chi connectivity index (χ2v) is 6.67. The highest BCUT2D eigenvalue weighted by Crippen LogP contribution is 2.25. The zero-order valence-electron chi connectivity index (χ0n) is 14.5. The molecule has 0 aliphatic heterocycles. The van der Waals surface area contributed by atoms with Crippen LogP contribution < -0.4 is 10.2 Å². The predicted molar refractivity (Wildman–Crippen MR) is 97.2 cm³/mol. The van der Waals surface area contributed by atoms with E-state index < -0.39 is 5.25 Å². The van der Waals surface area contributed by atoms with Gasteiger partial charge in [-0.15, -0.1) is 0 Å². The molecule has 0 spiro atoms. The highest BCUT2D eigenvalue weighted by atomic mass is 32.2. The van der Waals surface area contributed by atoms with Crippen LogP contribution in [0.5, 0.6) is 11.5 Å². The topological polar surface area (TPSA) is 96.7 Å². The number of aromatic hydroxyl groups is 1. The average Bonchev–Trinajstić information content (AvgIpc) is 2.55. The first-order valence-corrected chi connectivity index (χ1v) is 8.46. The van der Waals surface area contributed by atoms with Gasteiger partial charge in [-0.05, 0) is 50.6 Å². The molecular formula is C17H20N4O3S.